The van der Waals surface area contributed by atoms with Crippen LogP contribution in [0.3, 0.4) is 0 Å². The van der Waals surface area contributed by atoms with E-state index in [0.717, 1.165) is 0 Å². The van der Waals surface area contributed by atoms with E-state index >= 15 is 0 Å². The van der Waals surface area contributed by atoms with Crippen LogP contribution in [0.5, 0.6) is 0 Å². The summed E-state index contributed by atoms with van der Waals surface area (Å²) >= 11 is 0. The van der Waals surface area contributed by atoms with Gasteiger partial charge in [0.25, 0.3) is 5.91 Å². The van der Waals surface area contributed by atoms with Gasteiger partial charge in [0.15, 0.2) is 6.10 Å². The molecule has 0 bridgehead atoms. The number of benzene rings is 2. The highest BCUT2D eigenvalue weighted by molar-refractivity contribution is 5.86. The van der Waals surface area contributed by atoms with Crippen LogP contribution in [-0.2, 0) is 20.9 Å². The lowest BCUT2D eigenvalue weighted by Crippen LogP contribution is -2.53. The monoisotopic (exact) mass is 360 g/mol. The average molecular weight is 360 g/mol. The average Bonchev–Trinajstić information content (AvgIpc) is 2.64. The molecule has 1 N–H and O–H groups in total. The second-order valence-corrected chi connectivity index (χ2v) is 6.01. The predicted molar refractivity (Wildman–Crippen MR) is 89.9 cm³/mol. The van der Waals surface area contributed by atoms with Crippen molar-refractivity contribution in [1.29, 1.82) is 0 Å². The van der Waals surface area contributed by atoms with Gasteiger partial charge in [-0.25, -0.2) is 8.78 Å². The maximum Gasteiger partial charge on any atom is 0.251 e. The molecule has 0 radical (unpaired) electrons. The molecule has 1 aliphatic heterocycles. The lowest BCUT2D eigenvalue weighted by Gasteiger charge is -2.38. The first-order chi connectivity index (χ1) is 12.5. The second-order valence-electron chi connectivity index (χ2n) is 6.01. The first kappa shape index (κ1) is 18.0. The zero-order valence-corrected chi connectivity index (χ0v) is 14.1. The van der Waals surface area contributed by atoms with Crippen LogP contribution >= 0.6 is 0 Å². The Morgan fingerprint density at radius 1 is 1.15 bits per heavy atom. The van der Waals surface area contributed by atoms with Crippen LogP contribution in [0.1, 0.15) is 17.2 Å². The highest BCUT2D eigenvalue weighted by Gasteiger charge is 2.41. The van der Waals surface area contributed by atoms with Crippen LogP contribution in [-0.4, -0.2) is 36.5 Å². The first-order valence-electron chi connectivity index (χ1n) is 8.12. The zero-order chi connectivity index (χ0) is 18.7. The van der Waals surface area contributed by atoms with Crippen LogP contribution in [0.25, 0.3) is 0 Å². The third kappa shape index (κ3) is 3.57. The van der Waals surface area contributed by atoms with E-state index in [2.05, 4.69) is 5.32 Å². The highest BCUT2D eigenvalue weighted by atomic mass is 19.1. The number of halogens is 2. The van der Waals surface area contributed by atoms with Gasteiger partial charge >= 0.3 is 0 Å². The molecule has 0 spiro atoms. The fourth-order valence-electron chi connectivity index (χ4n) is 2.94. The van der Waals surface area contributed by atoms with Gasteiger partial charge in [-0.15, -0.1) is 0 Å². The fraction of sp³-hybridized carbons (Fsp3) is 0.263. The first-order valence-corrected chi connectivity index (χ1v) is 8.12. The number of rotatable bonds is 4. The Labute approximate surface area is 149 Å². The molecule has 7 heteroatoms. The van der Waals surface area contributed by atoms with Crippen molar-refractivity contribution >= 4 is 11.8 Å². The van der Waals surface area contributed by atoms with Gasteiger partial charge in [-0.2, -0.15) is 0 Å². The van der Waals surface area contributed by atoms with E-state index in [-0.39, 0.29) is 24.6 Å². The third-order valence-electron chi connectivity index (χ3n) is 4.38. The molecule has 1 fully saturated rings. The summed E-state index contributed by atoms with van der Waals surface area (Å²) in [6, 6.07) is 11.1. The van der Waals surface area contributed by atoms with Crippen LogP contribution < -0.4 is 5.32 Å². The van der Waals surface area contributed by atoms with Crippen molar-refractivity contribution in [3.05, 3.63) is 71.3 Å². The molecule has 136 valence electrons. The molecule has 2 amide bonds. The van der Waals surface area contributed by atoms with E-state index in [1.165, 1.54) is 36.2 Å². The number of morpholine rings is 1. The Balaban J connectivity index is 1.81. The largest absolute Gasteiger partial charge is 0.356 e. The Bertz CT molecular complexity index is 828. The lowest BCUT2D eigenvalue weighted by atomic mass is 9.97. The number of carbonyl (C=O) groups is 2. The minimum atomic E-state index is -1.10. The number of likely N-dealkylation sites (N-methyl/N-ethyl adjacent to an activating group) is 1. The minimum absolute atomic E-state index is 0.0347. The molecular weight excluding hydrogens is 342 g/mol. The summed E-state index contributed by atoms with van der Waals surface area (Å²) < 4.78 is 33.3. The molecule has 1 heterocycles. The Kier molecular flexibility index (Phi) is 5.27. The normalized spacial score (nSPS) is 20.1. The summed E-state index contributed by atoms with van der Waals surface area (Å²) in [7, 11) is 1.50. The van der Waals surface area contributed by atoms with Gasteiger partial charge in [0.2, 0.25) is 5.91 Å². The molecule has 2 aromatic carbocycles. The SMILES string of the molecule is CN1C(=O)COC(C(=O)NCc2ccccc2F)C1c1ccccc1F. The maximum absolute atomic E-state index is 14.2. The second kappa shape index (κ2) is 7.61. The van der Waals surface area contributed by atoms with Crippen LogP contribution in [0.2, 0.25) is 0 Å². The van der Waals surface area contributed by atoms with Crippen molar-refractivity contribution in [2.24, 2.45) is 0 Å². The number of amides is 2. The highest BCUT2D eigenvalue weighted by Crippen LogP contribution is 2.30. The summed E-state index contributed by atoms with van der Waals surface area (Å²) in [5, 5.41) is 2.60. The number of carbonyl (C=O) groups excluding carboxylic acids is 2. The molecule has 0 aromatic heterocycles. The summed E-state index contributed by atoms with van der Waals surface area (Å²) in [6.45, 7) is -0.313. The molecular formula is C19H18F2N2O3. The lowest BCUT2D eigenvalue weighted by molar-refractivity contribution is -0.162. The molecule has 0 aliphatic carbocycles. The quantitative estimate of drug-likeness (QED) is 0.909. The van der Waals surface area contributed by atoms with Gasteiger partial charge in [0.1, 0.15) is 18.2 Å². The van der Waals surface area contributed by atoms with E-state index in [4.69, 9.17) is 4.74 Å². The van der Waals surface area contributed by atoms with Gasteiger partial charge < -0.3 is 15.0 Å². The number of nitrogens with one attached hydrogen (secondary N) is 1. The topological polar surface area (TPSA) is 58.6 Å². The van der Waals surface area contributed by atoms with Gasteiger partial charge in [0, 0.05) is 24.7 Å². The third-order valence-corrected chi connectivity index (χ3v) is 4.38. The molecule has 2 aromatic rings. The van der Waals surface area contributed by atoms with E-state index in [1.54, 1.807) is 24.3 Å². The summed E-state index contributed by atoms with van der Waals surface area (Å²) in [5.41, 5.74) is 0.512. The minimum Gasteiger partial charge on any atom is -0.356 e. The number of hydrogen-bond donors (Lipinski definition) is 1. The fourth-order valence-corrected chi connectivity index (χ4v) is 2.94. The molecule has 2 unspecified atom stereocenters. The van der Waals surface area contributed by atoms with E-state index in [9.17, 15) is 18.4 Å². The maximum atomic E-state index is 14.2. The zero-order valence-electron chi connectivity index (χ0n) is 14.1. The Morgan fingerprint density at radius 3 is 2.50 bits per heavy atom. The number of nitrogens with zero attached hydrogens (tertiary/aromatic N) is 1. The van der Waals surface area contributed by atoms with Crippen molar-refractivity contribution in [3.8, 4) is 0 Å². The van der Waals surface area contributed by atoms with Crippen LogP contribution in [0.15, 0.2) is 48.5 Å². The molecule has 1 aliphatic rings. The summed E-state index contributed by atoms with van der Waals surface area (Å²) in [6.07, 6.45) is -1.10. The van der Waals surface area contributed by atoms with Gasteiger partial charge in [-0.05, 0) is 12.1 Å². The van der Waals surface area contributed by atoms with E-state index < -0.39 is 29.7 Å². The van der Waals surface area contributed by atoms with Crippen molar-refractivity contribution in [1.82, 2.24) is 10.2 Å². The molecule has 3 rings (SSSR count). The Hall–Kier alpha value is -2.80. The van der Waals surface area contributed by atoms with Crippen LogP contribution in [0, 0.1) is 11.6 Å². The van der Waals surface area contributed by atoms with Gasteiger partial charge in [-0.3, -0.25) is 9.59 Å². The van der Waals surface area contributed by atoms with Crippen molar-refractivity contribution < 1.29 is 23.1 Å². The smallest absolute Gasteiger partial charge is 0.251 e. The standard InChI is InChI=1S/C19H18F2N2O3/c1-23-16(24)11-26-18(17(23)13-7-3-5-9-15(13)21)19(25)22-10-12-6-2-4-8-14(12)20/h2-9,17-18H,10-11H2,1H3,(H,22,25). The number of hydrogen-bond acceptors (Lipinski definition) is 3. The van der Waals surface area contributed by atoms with Gasteiger partial charge in [-0.1, -0.05) is 36.4 Å². The number of ether oxygens (including phenoxy) is 1. The van der Waals surface area contributed by atoms with Crippen molar-refractivity contribution in [2.45, 2.75) is 18.7 Å². The Morgan fingerprint density at radius 2 is 1.81 bits per heavy atom. The molecule has 1 saturated heterocycles. The van der Waals surface area contributed by atoms with Crippen molar-refractivity contribution in [2.75, 3.05) is 13.7 Å². The predicted octanol–water partition coefficient (Wildman–Crippen LogP) is 2.18. The van der Waals surface area contributed by atoms with Crippen molar-refractivity contribution in [3.63, 3.8) is 0 Å². The van der Waals surface area contributed by atoms with Gasteiger partial charge in [0.05, 0.1) is 6.04 Å². The van der Waals surface area contributed by atoms with Crippen LogP contribution in [0.4, 0.5) is 8.78 Å². The molecule has 26 heavy (non-hydrogen) atoms. The van der Waals surface area contributed by atoms with E-state index in [1.807, 2.05) is 0 Å². The molecule has 2 atom stereocenters. The molecule has 0 saturated carbocycles. The summed E-state index contributed by atoms with van der Waals surface area (Å²) in [4.78, 5) is 25.9. The van der Waals surface area contributed by atoms with E-state index in [0.29, 0.717) is 5.56 Å². The molecule has 5 nitrogen and oxygen atoms in total. The summed E-state index contributed by atoms with van der Waals surface area (Å²) in [5.74, 6) is -1.86.